The molecule has 9 heteroatoms. The molecule has 0 atom stereocenters. The first kappa shape index (κ1) is 20.2. The van der Waals surface area contributed by atoms with Crippen molar-refractivity contribution in [3.05, 3.63) is 59.0 Å². The minimum Gasteiger partial charge on any atom is -0.372 e. The van der Waals surface area contributed by atoms with Crippen LogP contribution in [0.25, 0.3) is 27.5 Å². The Kier molecular flexibility index (Phi) is 4.93. The van der Waals surface area contributed by atoms with E-state index in [1.165, 1.54) is 17.0 Å². The van der Waals surface area contributed by atoms with E-state index in [1.54, 1.807) is 24.0 Å². The van der Waals surface area contributed by atoms with Gasteiger partial charge in [-0.05, 0) is 37.1 Å². The lowest BCUT2D eigenvalue weighted by molar-refractivity contribution is 0.568. The number of benzene rings is 2. The lowest BCUT2D eigenvalue weighted by atomic mass is 9.42. The smallest absolute Gasteiger partial charge is 0.268 e. The molecule has 0 N–H and O–H groups in total. The molecule has 1 saturated heterocycles. The molecular weight excluding hydrogens is 406 g/mol. The molecule has 0 amide bonds. The van der Waals surface area contributed by atoms with Crippen molar-refractivity contribution < 1.29 is 4.39 Å². The normalized spacial score (nSPS) is 14.8. The third-order valence-corrected chi connectivity index (χ3v) is 6.52. The van der Waals surface area contributed by atoms with Crippen molar-refractivity contribution in [2.24, 2.45) is 7.05 Å². The fraction of sp³-hybridized carbons (Fsp3) is 0.304. The molecule has 0 spiro atoms. The molecule has 2 aromatic carbocycles. The van der Waals surface area contributed by atoms with Crippen LogP contribution < -0.4 is 10.5 Å². The number of fused-ring (bicyclic) bond motifs is 2. The first-order valence-electron chi connectivity index (χ1n) is 10.7. The standard InChI is InChI=1S/C23H22BFN6O/c1-29-12-15-9-18(11-20(25)22(15)28-29)31-14-27-21-4-3-17(10-19(21)23(31)32)30(2)16-5-7-24(13-26)8-6-16/h3-4,9-12,14,16H,5-8H2,1-2H3. The first-order valence-corrected chi connectivity index (χ1v) is 10.7. The van der Waals surface area contributed by atoms with Gasteiger partial charge in [0, 0.05) is 49.4 Å². The Labute approximate surface area is 184 Å². The average Bonchev–Trinajstić information content (AvgIpc) is 3.19. The zero-order valence-electron chi connectivity index (χ0n) is 18.0. The van der Waals surface area contributed by atoms with Gasteiger partial charge in [-0.2, -0.15) is 5.10 Å². The molecule has 0 unspecified atom stereocenters. The summed E-state index contributed by atoms with van der Waals surface area (Å²) in [6.07, 6.45) is 6.86. The third-order valence-electron chi connectivity index (χ3n) is 6.52. The van der Waals surface area contributed by atoms with E-state index in [4.69, 9.17) is 5.26 Å². The van der Waals surface area contributed by atoms with Crippen LogP contribution in [-0.4, -0.2) is 39.1 Å². The summed E-state index contributed by atoms with van der Waals surface area (Å²) in [5, 5.41) is 14.4. The van der Waals surface area contributed by atoms with Gasteiger partial charge in [-0.1, -0.05) is 12.6 Å². The molecule has 32 heavy (non-hydrogen) atoms. The van der Waals surface area contributed by atoms with Crippen LogP contribution in [0, 0.1) is 17.0 Å². The molecule has 0 radical (unpaired) electrons. The zero-order chi connectivity index (χ0) is 22.4. The van der Waals surface area contributed by atoms with Gasteiger partial charge in [-0.25, -0.2) is 14.6 Å². The number of nitrogens with zero attached hydrogens (tertiary/aromatic N) is 6. The lowest BCUT2D eigenvalue weighted by Crippen LogP contribution is -2.36. The Hall–Kier alpha value is -3.67. The second kappa shape index (κ2) is 7.79. The van der Waals surface area contributed by atoms with Crippen LogP contribution in [0.5, 0.6) is 0 Å². The number of halogens is 1. The van der Waals surface area contributed by atoms with Crippen LogP contribution in [0.3, 0.4) is 0 Å². The van der Waals surface area contributed by atoms with Gasteiger partial charge in [0.25, 0.3) is 12.3 Å². The van der Waals surface area contributed by atoms with Crippen LogP contribution >= 0.6 is 0 Å². The van der Waals surface area contributed by atoms with Gasteiger partial charge in [0.2, 0.25) is 0 Å². The number of aryl methyl sites for hydroxylation is 1. The van der Waals surface area contributed by atoms with Crippen molar-refractivity contribution in [2.45, 2.75) is 31.5 Å². The van der Waals surface area contributed by atoms with Gasteiger partial charge in [-0.15, -0.1) is 0 Å². The van der Waals surface area contributed by atoms with Gasteiger partial charge in [0.05, 0.1) is 16.6 Å². The Morgan fingerprint density at radius 3 is 2.78 bits per heavy atom. The molecule has 5 rings (SSSR count). The highest BCUT2D eigenvalue weighted by molar-refractivity contribution is 6.67. The summed E-state index contributed by atoms with van der Waals surface area (Å²) in [7, 11) is 3.76. The third kappa shape index (κ3) is 3.42. The van der Waals surface area contributed by atoms with Crippen molar-refractivity contribution in [3.8, 4) is 11.7 Å². The quantitative estimate of drug-likeness (QED) is 0.466. The molecule has 1 aliphatic rings. The van der Waals surface area contributed by atoms with E-state index in [0.29, 0.717) is 28.0 Å². The number of rotatable bonds is 3. The highest BCUT2D eigenvalue weighted by Crippen LogP contribution is 2.28. The summed E-state index contributed by atoms with van der Waals surface area (Å²) in [4.78, 5) is 20.0. The minimum absolute atomic E-state index is 0.144. The van der Waals surface area contributed by atoms with Crippen LogP contribution in [0.15, 0.2) is 47.7 Å². The number of hydrogen-bond donors (Lipinski definition) is 0. The molecule has 3 heterocycles. The predicted molar refractivity (Wildman–Crippen MR) is 124 cm³/mol. The topological polar surface area (TPSA) is 79.7 Å². The van der Waals surface area contributed by atoms with Gasteiger partial charge >= 0.3 is 0 Å². The molecule has 7 nitrogen and oxygen atoms in total. The van der Waals surface area contributed by atoms with Gasteiger partial charge in [0.1, 0.15) is 11.8 Å². The van der Waals surface area contributed by atoms with E-state index < -0.39 is 5.82 Å². The average molecular weight is 428 g/mol. The number of anilines is 1. The van der Waals surface area contributed by atoms with Gasteiger partial charge in [0.15, 0.2) is 5.82 Å². The molecule has 0 aliphatic carbocycles. The Morgan fingerprint density at radius 1 is 1.25 bits per heavy atom. The summed E-state index contributed by atoms with van der Waals surface area (Å²) in [5.41, 5.74) is 1.97. The molecule has 4 aromatic rings. The SMILES string of the molecule is CN(c1ccc2ncn(-c3cc(F)c4nn(C)cc4c3)c(=O)c2c1)C1CCB(C#N)CC1. The second-order valence-electron chi connectivity index (χ2n) is 8.53. The maximum absolute atomic E-state index is 14.6. The van der Waals surface area contributed by atoms with Crippen LogP contribution in [0.4, 0.5) is 10.1 Å². The molecule has 1 fully saturated rings. The molecule has 1 aliphatic heterocycles. The molecular formula is C23H22BFN6O. The van der Waals surface area contributed by atoms with Gasteiger partial charge in [-0.3, -0.25) is 14.0 Å². The number of nitriles is 1. The van der Waals surface area contributed by atoms with Gasteiger partial charge < -0.3 is 4.90 Å². The Bertz CT molecular complexity index is 1430. The van der Waals surface area contributed by atoms with Crippen molar-refractivity contribution in [1.82, 2.24) is 19.3 Å². The van der Waals surface area contributed by atoms with E-state index in [0.717, 1.165) is 31.2 Å². The first-order chi connectivity index (χ1) is 15.4. The highest BCUT2D eigenvalue weighted by Gasteiger charge is 2.27. The van der Waals surface area contributed by atoms with Crippen LogP contribution in [-0.2, 0) is 7.05 Å². The number of aromatic nitrogens is 4. The highest BCUT2D eigenvalue weighted by atomic mass is 19.1. The maximum atomic E-state index is 14.6. The van der Waals surface area contributed by atoms with E-state index in [9.17, 15) is 9.18 Å². The Balaban J connectivity index is 1.54. The summed E-state index contributed by atoms with van der Waals surface area (Å²) >= 11 is 0. The fourth-order valence-electron chi connectivity index (χ4n) is 4.65. The molecule has 2 aromatic heterocycles. The van der Waals surface area contributed by atoms with E-state index in [2.05, 4.69) is 21.0 Å². The second-order valence-corrected chi connectivity index (χ2v) is 8.53. The van der Waals surface area contributed by atoms with Crippen molar-refractivity contribution >= 4 is 34.2 Å². The van der Waals surface area contributed by atoms with Crippen molar-refractivity contribution in [3.63, 3.8) is 0 Å². The zero-order valence-corrected chi connectivity index (χ0v) is 18.0. The largest absolute Gasteiger partial charge is 0.372 e. The summed E-state index contributed by atoms with van der Waals surface area (Å²) in [5.74, 6) is 1.89. The summed E-state index contributed by atoms with van der Waals surface area (Å²) in [6, 6.07) is 9.06. The molecule has 160 valence electrons. The van der Waals surface area contributed by atoms with E-state index in [-0.39, 0.29) is 17.8 Å². The molecule has 0 bridgehead atoms. The van der Waals surface area contributed by atoms with E-state index in [1.807, 2.05) is 25.2 Å². The van der Waals surface area contributed by atoms with Crippen LogP contribution in [0.1, 0.15) is 12.8 Å². The van der Waals surface area contributed by atoms with E-state index >= 15 is 0 Å². The minimum atomic E-state index is -0.480. The van der Waals surface area contributed by atoms with Crippen molar-refractivity contribution in [2.75, 3.05) is 11.9 Å². The van der Waals surface area contributed by atoms with Crippen LogP contribution in [0.2, 0.25) is 12.6 Å². The van der Waals surface area contributed by atoms with Crippen molar-refractivity contribution in [1.29, 1.82) is 5.26 Å². The lowest BCUT2D eigenvalue weighted by Gasteiger charge is -2.33. The number of hydrogen-bond acceptors (Lipinski definition) is 5. The summed E-state index contributed by atoms with van der Waals surface area (Å²) < 4.78 is 17.5. The predicted octanol–water partition coefficient (Wildman–Crippen LogP) is 3.57. The monoisotopic (exact) mass is 428 g/mol. The maximum Gasteiger partial charge on any atom is 0.268 e. The Morgan fingerprint density at radius 2 is 2.03 bits per heavy atom. The fourth-order valence-corrected chi connectivity index (χ4v) is 4.65. The summed E-state index contributed by atoms with van der Waals surface area (Å²) in [6.45, 7) is 0.144. The molecule has 0 saturated carbocycles.